The lowest BCUT2D eigenvalue weighted by Gasteiger charge is -2.45. The van der Waals surface area contributed by atoms with Crippen molar-refractivity contribution in [2.75, 3.05) is 18.0 Å². The summed E-state index contributed by atoms with van der Waals surface area (Å²) in [6.07, 6.45) is 6.60. The van der Waals surface area contributed by atoms with Crippen LogP contribution in [0.2, 0.25) is 12.6 Å². The third kappa shape index (κ3) is 2.81. The lowest BCUT2D eigenvalue weighted by molar-refractivity contribution is 0.191. The van der Waals surface area contributed by atoms with Gasteiger partial charge in [-0.2, -0.15) is 5.26 Å². The van der Waals surface area contributed by atoms with E-state index in [9.17, 15) is 4.39 Å². The van der Waals surface area contributed by atoms with Crippen molar-refractivity contribution in [3.8, 4) is 12.0 Å². The third-order valence-corrected chi connectivity index (χ3v) is 5.49. The summed E-state index contributed by atoms with van der Waals surface area (Å²) in [5.74, 6) is 1.96. The van der Waals surface area contributed by atoms with Gasteiger partial charge >= 0.3 is 0 Å². The second-order valence-electron chi connectivity index (χ2n) is 6.67. The zero-order chi connectivity index (χ0) is 15.6. The molecule has 0 saturated carbocycles. The Labute approximate surface area is 131 Å². The maximum absolute atomic E-state index is 13.8. The molecule has 3 nitrogen and oxygen atoms in total. The molecule has 22 heavy (non-hydrogen) atoms. The van der Waals surface area contributed by atoms with Crippen LogP contribution in [0.5, 0.6) is 0 Å². The number of benzene rings is 1. The van der Waals surface area contributed by atoms with Gasteiger partial charge in [0, 0.05) is 24.7 Å². The summed E-state index contributed by atoms with van der Waals surface area (Å²) < 4.78 is 13.8. The molecule has 0 bridgehead atoms. The van der Waals surface area contributed by atoms with Gasteiger partial charge in [0.1, 0.15) is 11.9 Å². The van der Waals surface area contributed by atoms with Crippen LogP contribution in [-0.4, -0.2) is 19.8 Å². The number of hydrogen-bond donors (Lipinski definition) is 0. The Balaban J connectivity index is 1.64. The van der Waals surface area contributed by atoms with Crippen LogP contribution in [0.3, 0.4) is 0 Å². The summed E-state index contributed by atoms with van der Waals surface area (Å²) in [7, 11) is 0. The van der Waals surface area contributed by atoms with Gasteiger partial charge in [-0.25, -0.2) is 9.65 Å². The number of hydrogen-bond acceptors (Lipinski definition) is 3. The molecule has 2 saturated heterocycles. The summed E-state index contributed by atoms with van der Waals surface area (Å²) in [5, 5.41) is 17.8. The maximum atomic E-state index is 13.8. The smallest absolute Gasteiger partial charge is 0.267 e. The predicted molar refractivity (Wildman–Crippen MR) is 85.2 cm³/mol. The minimum absolute atomic E-state index is 0.104. The summed E-state index contributed by atoms with van der Waals surface area (Å²) in [6.45, 7) is 2.11. The average molecular weight is 295 g/mol. The van der Waals surface area contributed by atoms with Gasteiger partial charge < -0.3 is 4.90 Å². The zero-order valence-corrected chi connectivity index (χ0v) is 12.7. The van der Waals surface area contributed by atoms with E-state index in [0.717, 1.165) is 57.1 Å². The van der Waals surface area contributed by atoms with Crippen LogP contribution in [0.25, 0.3) is 0 Å². The number of anilines is 1. The summed E-state index contributed by atoms with van der Waals surface area (Å²) >= 11 is 0. The molecule has 2 fully saturated rings. The van der Waals surface area contributed by atoms with E-state index in [-0.39, 0.29) is 12.3 Å². The fraction of sp³-hybridized carbons (Fsp3) is 0.529. The van der Waals surface area contributed by atoms with Crippen LogP contribution < -0.4 is 4.90 Å². The number of nitrogens with zero attached hydrogens (tertiary/aromatic N) is 3. The van der Waals surface area contributed by atoms with Crippen LogP contribution in [0, 0.1) is 33.8 Å². The molecule has 1 aromatic carbocycles. The molecule has 0 atom stereocenters. The number of piperidine rings is 1. The molecule has 0 radical (unpaired) electrons. The Morgan fingerprint density at radius 1 is 1.09 bits per heavy atom. The number of rotatable bonds is 1. The molecular formula is C17H19BFN3. The Kier molecular flexibility index (Phi) is 4.07. The molecule has 2 heterocycles. The molecule has 0 aliphatic carbocycles. The van der Waals surface area contributed by atoms with Gasteiger partial charge in [-0.3, -0.25) is 0 Å². The molecule has 2 aliphatic rings. The van der Waals surface area contributed by atoms with Gasteiger partial charge in [0.25, 0.3) is 6.71 Å². The molecule has 1 spiro atoms. The third-order valence-electron chi connectivity index (χ3n) is 5.49. The normalized spacial score (nSPS) is 20.5. The van der Waals surface area contributed by atoms with Crippen molar-refractivity contribution in [2.24, 2.45) is 5.41 Å². The quantitative estimate of drug-likeness (QED) is 0.743. The van der Waals surface area contributed by atoms with E-state index in [1.165, 1.54) is 6.07 Å². The molecule has 0 unspecified atom stereocenters. The van der Waals surface area contributed by atoms with E-state index in [1.807, 2.05) is 12.1 Å². The van der Waals surface area contributed by atoms with Crippen molar-refractivity contribution < 1.29 is 4.39 Å². The highest BCUT2D eigenvalue weighted by Crippen LogP contribution is 2.45. The van der Waals surface area contributed by atoms with E-state index in [4.69, 9.17) is 10.5 Å². The van der Waals surface area contributed by atoms with E-state index in [1.54, 1.807) is 6.07 Å². The average Bonchev–Trinajstić information content (AvgIpc) is 2.56. The fourth-order valence-electron chi connectivity index (χ4n) is 3.89. The van der Waals surface area contributed by atoms with Crippen LogP contribution in [0.1, 0.15) is 31.2 Å². The van der Waals surface area contributed by atoms with Crippen LogP contribution in [0.4, 0.5) is 10.1 Å². The van der Waals surface area contributed by atoms with Crippen LogP contribution in [-0.2, 0) is 0 Å². The molecule has 3 rings (SSSR count). The fourth-order valence-corrected chi connectivity index (χ4v) is 3.89. The largest absolute Gasteiger partial charge is 0.371 e. The Hall–Kier alpha value is -2.01. The Morgan fingerprint density at radius 2 is 1.77 bits per heavy atom. The van der Waals surface area contributed by atoms with Crippen molar-refractivity contribution in [1.82, 2.24) is 0 Å². The lowest BCUT2D eigenvalue weighted by Crippen LogP contribution is -2.42. The monoisotopic (exact) mass is 295 g/mol. The molecule has 0 aromatic heterocycles. The standard InChI is InChI=1S/C17H19BFN3/c19-16-11-15(2-1-14(16)12-20)22-9-5-17(6-10-22)3-7-18(13-21)8-4-17/h1-2,11H,3-10H2. The first-order valence-electron chi connectivity index (χ1n) is 8.00. The summed E-state index contributed by atoms with van der Waals surface area (Å²) in [6, 6.07) is 6.74. The minimum atomic E-state index is -0.435. The van der Waals surface area contributed by atoms with Crippen molar-refractivity contribution in [3.63, 3.8) is 0 Å². The molecule has 5 heteroatoms. The highest BCUT2D eigenvalue weighted by molar-refractivity contribution is 6.67. The molecule has 2 aliphatic heterocycles. The van der Waals surface area contributed by atoms with Gasteiger partial charge in [-0.15, -0.1) is 0 Å². The number of halogens is 1. The van der Waals surface area contributed by atoms with Crippen molar-refractivity contribution in [2.45, 2.75) is 38.3 Å². The van der Waals surface area contributed by atoms with E-state index in [0.29, 0.717) is 5.41 Å². The maximum Gasteiger partial charge on any atom is 0.267 e. The molecule has 0 N–H and O–H groups in total. The SMILES string of the molecule is N#CB1CCC2(CC1)CCN(c1ccc(C#N)c(F)c1)CC2. The van der Waals surface area contributed by atoms with Crippen molar-refractivity contribution in [1.29, 1.82) is 10.5 Å². The predicted octanol–water partition coefficient (Wildman–Crippen LogP) is 3.64. The topological polar surface area (TPSA) is 50.8 Å². The highest BCUT2D eigenvalue weighted by atomic mass is 19.1. The Bertz CT molecular complexity index is 628. The summed E-state index contributed by atoms with van der Waals surface area (Å²) in [4.78, 5) is 2.21. The first-order valence-corrected chi connectivity index (χ1v) is 8.00. The van der Waals surface area contributed by atoms with E-state index in [2.05, 4.69) is 10.9 Å². The van der Waals surface area contributed by atoms with Gasteiger partial charge in [-0.1, -0.05) is 25.5 Å². The van der Waals surface area contributed by atoms with Crippen molar-refractivity contribution in [3.05, 3.63) is 29.6 Å². The minimum Gasteiger partial charge on any atom is -0.371 e. The van der Waals surface area contributed by atoms with E-state index >= 15 is 0 Å². The molecule has 112 valence electrons. The lowest BCUT2D eigenvalue weighted by atomic mass is 9.39. The van der Waals surface area contributed by atoms with Crippen LogP contribution >= 0.6 is 0 Å². The van der Waals surface area contributed by atoms with Gasteiger partial charge in [0.05, 0.1) is 5.56 Å². The molecule has 0 amide bonds. The number of nitriles is 2. The van der Waals surface area contributed by atoms with Crippen molar-refractivity contribution >= 4 is 12.4 Å². The second-order valence-corrected chi connectivity index (χ2v) is 6.67. The van der Waals surface area contributed by atoms with Gasteiger partial charge in [-0.05, 0) is 36.5 Å². The summed E-state index contributed by atoms with van der Waals surface area (Å²) in [5.41, 5.74) is 1.37. The highest BCUT2D eigenvalue weighted by Gasteiger charge is 2.39. The van der Waals surface area contributed by atoms with E-state index < -0.39 is 5.82 Å². The first kappa shape index (κ1) is 14.9. The molecule has 1 aromatic rings. The zero-order valence-electron chi connectivity index (χ0n) is 12.7. The second kappa shape index (κ2) is 6.01. The van der Waals surface area contributed by atoms with Gasteiger partial charge in [0.15, 0.2) is 0 Å². The Morgan fingerprint density at radius 3 is 2.32 bits per heavy atom. The molecular weight excluding hydrogens is 276 g/mol. The van der Waals surface area contributed by atoms with Crippen LogP contribution in [0.15, 0.2) is 18.2 Å². The van der Waals surface area contributed by atoms with Gasteiger partial charge in [0.2, 0.25) is 0 Å². The first-order chi connectivity index (χ1) is 10.7.